The number of ether oxygens (including phenoxy) is 1. The Morgan fingerprint density at radius 2 is 1.80 bits per heavy atom. The number of hydrogen-bond acceptors (Lipinski definition) is 6. The minimum absolute atomic E-state index is 0.173. The summed E-state index contributed by atoms with van der Waals surface area (Å²) < 4.78 is 11.0. The standard InChI is InChI=1S/C18H30N4O3/c1-12(2)15-19-16(25-20-15)21-10-8-14(9-11-21)22(13-6-7-13)17(23)24-18(3,4)5/h12-14H,6-11H2,1-5H3. The van der Waals surface area contributed by atoms with Crippen LogP contribution in [0.25, 0.3) is 0 Å². The zero-order chi connectivity index (χ0) is 18.2. The lowest BCUT2D eigenvalue weighted by Gasteiger charge is -2.38. The average molecular weight is 350 g/mol. The Hall–Kier alpha value is -1.79. The lowest BCUT2D eigenvalue weighted by Crippen LogP contribution is -2.50. The summed E-state index contributed by atoms with van der Waals surface area (Å²) in [5.41, 5.74) is -0.456. The van der Waals surface area contributed by atoms with Crippen molar-refractivity contribution in [3.8, 4) is 0 Å². The molecular formula is C18H30N4O3. The molecule has 1 aliphatic heterocycles. The summed E-state index contributed by atoms with van der Waals surface area (Å²) in [6.07, 6.45) is 3.79. The maximum absolute atomic E-state index is 12.6. The van der Waals surface area contributed by atoms with E-state index in [0.29, 0.717) is 12.1 Å². The monoisotopic (exact) mass is 350 g/mol. The molecule has 2 aliphatic rings. The minimum Gasteiger partial charge on any atom is -0.444 e. The van der Waals surface area contributed by atoms with Crippen molar-refractivity contribution >= 4 is 12.1 Å². The van der Waals surface area contributed by atoms with Crippen molar-refractivity contribution in [1.82, 2.24) is 15.0 Å². The minimum atomic E-state index is -0.456. The van der Waals surface area contributed by atoms with Gasteiger partial charge in [0.1, 0.15) is 5.60 Å². The van der Waals surface area contributed by atoms with Crippen molar-refractivity contribution < 1.29 is 14.1 Å². The molecule has 1 saturated carbocycles. The highest BCUT2D eigenvalue weighted by atomic mass is 16.6. The number of anilines is 1. The molecule has 1 aromatic rings. The Morgan fingerprint density at radius 1 is 1.20 bits per heavy atom. The molecule has 7 nitrogen and oxygen atoms in total. The molecule has 0 unspecified atom stereocenters. The van der Waals surface area contributed by atoms with Crippen LogP contribution in [0.4, 0.5) is 10.8 Å². The molecule has 1 aromatic heterocycles. The SMILES string of the molecule is CC(C)c1noc(N2CCC(N(C(=O)OC(C)(C)C)C3CC3)CC2)n1. The summed E-state index contributed by atoms with van der Waals surface area (Å²) >= 11 is 0. The lowest BCUT2D eigenvalue weighted by molar-refractivity contribution is 0.0113. The van der Waals surface area contributed by atoms with Gasteiger partial charge in [0, 0.05) is 31.1 Å². The second kappa shape index (κ2) is 6.84. The molecule has 25 heavy (non-hydrogen) atoms. The summed E-state index contributed by atoms with van der Waals surface area (Å²) in [4.78, 5) is 21.2. The maximum Gasteiger partial charge on any atom is 0.410 e. The van der Waals surface area contributed by atoms with Crippen molar-refractivity contribution in [1.29, 1.82) is 0 Å². The molecule has 0 bridgehead atoms. The molecule has 0 aromatic carbocycles. The highest BCUT2D eigenvalue weighted by molar-refractivity contribution is 5.69. The lowest BCUT2D eigenvalue weighted by atomic mass is 10.0. The molecule has 3 rings (SSSR count). The smallest absolute Gasteiger partial charge is 0.410 e. The van der Waals surface area contributed by atoms with Gasteiger partial charge in [0.2, 0.25) is 0 Å². The molecule has 7 heteroatoms. The third-order valence-electron chi connectivity index (χ3n) is 4.62. The molecule has 2 fully saturated rings. The molecule has 140 valence electrons. The van der Waals surface area contributed by atoms with E-state index < -0.39 is 5.60 Å². The number of carbonyl (C=O) groups excluding carboxylic acids is 1. The molecule has 2 heterocycles. The zero-order valence-electron chi connectivity index (χ0n) is 16.0. The maximum atomic E-state index is 12.6. The van der Waals surface area contributed by atoms with Crippen LogP contribution in [-0.4, -0.2) is 51.9 Å². The van der Waals surface area contributed by atoms with Gasteiger partial charge >= 0.3 is 12.1 Å². The molecule has 1 saturated heterocycles. The van der Waals surface area contributed by atoms with Crippen molar-refractivity contribution in [2.24, 2.45) is 0 Å². The van der Waals surface area contributed by atoms with Gasteiger partial charge in [-0.3, -0.25) is 0 Å². The van der Waals surface area contributed by atoms with Gasteiger partial charge < -0.3 is 19.1 Å². The zero-order valence-corrected chi connectivity index (χ0v) is 16.0. The second-order valence-electron chi connectivity index (χ2n) is 8.43. The quantitative estimate of drug-likeness (QED) is 0.827. The van der Waals surface area contributed by atoms with Crippen molar-refractivity contribution in [3.63, 3.8) is 0 Å². The molecule has 0 N–H and O–H groups in total. The van der Waals surface area contributed by atoms with E-state index in [-0.39, 0.29) is 18.1 Å². The van der Waals surface area contributed by atoms with Crippen molar-refractivity contribution in [3.05, 3.63) is 5.82 Å². The van der Waals surface area contributed by atoms with Crippen LogP contribution in [0.1, 0.15) is 72.0 Å². The first kappa shape index (κ1) is 18.0. The van der Waals surface area contributed by atoms with Gasteiger partial charge in [-0.15, -0.1) is 0 Å². The van der Waals surface area contributed by atoms with E-state index >= 15 is 0 Å². The molecule has 0 radical (unpaired) electrons. The summed E-state index contributed by atoms with van der Waals surface area (Å²) in [7, 11) is 0. The molecule has 0 atom stereocenters. The Kier molecular flexibility index (Phi) is 4.93. The van der Waals surface area contributed by atoms with Crippen LogP contribution in [0, 0.1) is 0 Å². The van der Waals surface area contributed by atoms with Gasteiger partial charge in [0.05, 0.1) is 0 Å². The predicted molar refractivity (Wildman–Crippen MR) is 94.7 cm³/mol. The van der Waals surface area contributed by atoms with Crippen LogP contribution in [0.5, 0.6) is 0 Å². The van der Waals surface area contributed by atoms with E-state index in [1.165, 1.54) is 0 Å². The number of nitrogens with zero attached hydrogens (tertiary/aromatic N) is 4. The molecule has 1 aliphatic carbocycles. The van der Waals surface area contributed by atoms with Gasteiger partial charge in [-0.05, 0) is 46.5 Å². The molecule has 1 amide bonds. The van der Waals surface area contributed by atoms with Gasteiger partial charge in [0.15, 0.2) is 5.82 Å². The highest BCUT2D eigenvalue weighted by Crippen LogP contribution is 2.34. The van der Waals surface area contributed by atoms with Crippen molar-refractivity contribution in [2.45, 2.75) is 83.9 Å². The summed E-state index contributed by atoms with van der Waals surface area (Å²) in [6, 6.07) is 1.17. The third kappa shape index (κ3) is 4.44. The van der Waals surface area contributed by atoms with Gasteiger partial charge in [-0.2, -0.15) is 4.98 Å². The predicted octanol–water partition coefficient (Wildman–Crippen LogP) is 3.56. The first-order valence-corrected chi connectivity index (χ1v) is 9.34. The van der Waals surface area contributed by atoms with Crippen LogP contribution >= 0.6 is 0 Å². The van der Waals surface area contributed by atoms with Crippen LogP contribution < -0.4 is 4.90 Å². The van der Waals surface area contributed by atoms with Gasteiger partial charge in [-0.25, -0.2) is 4.79 Å². The van der Waals surface area contributed by atoms with Crippen LogP contribution in [0.15, 0.2) is 4.52 Å². The highest BCUT2D eigenvalue weighted by Gasteiger charge is 2.41. The third-order valence-corrected chi connectivity index (χ3v) is 4.62. The number of rotatable bonds is 4. The Bertz CT molecular complexity index is 596. The van der Waals surface area contributed by atoms with E-state index in [4.69, 9.17) is 9.26 Å². The summed E-state index contributed by atoms with van der Waals surface area (Å²) in [5.74, 6) is 0.998. The Labute approximate surface area is 149 Å². The van der Waals surface area contributed by atoms with Crippen LogP contribution in [-0.2, 0) is 4.74 Å². The molecular weight excluding hydrogens is 320 g/mol. The first-order valence-electron chi connectivity index (χ1n) is 9.34. The van der Waals surface area contributed by atoms with Crippen molar-refractivity contribution in [2.75, 3.05) is 18.0 Å². The largest absolute Gasteiger partial charge is 0.444 e. The number of carbonyl (C=O) groups is 1. The number of piperidine rings is 1. The fourth-order valence-corrected chi connectivity index (χ4v) is 3.19. The summed E-state index contributed by atoms with van der Waals surface area (Å²) in [6.45, 7) is 11.5. The van der Waals surface area contributed by atoms with E-state index in [0.717, 1.165) is 44.6 Å². The number of amides is 1. The fourth-order valence-electron chi connectivity index (χ4n) is 3.19. The van der Waals surface area contributed by atoms with Gasteiger partial charge in [-0.1, -0.05) is 19.0 Å². The van der Waals surface area contributed by atoms with Crippen LogP contribution in [0.3, 0.4) is 0 Å². The number of aromatic nitrogens is 2. The Balaban J connectivity index is 1.60. The van der Waals surface area contributed by atoms with E-state index in [2.05, 4.69) is 28.9 Å². The normalized spacial score (nSPS) is 19.4. The fraction of sp³-hybridized carbons (Fsp3) is 0.833. The van der Waals surface area contributed by atoms with E-state index in [1.807, 2.05) is 25.7 Å². The Morgan fingerprint density at radius 3 is 2.28 bits per heavy atom. The second-order valence-corrected chi connectivity index (χ2v) is 8.43. The average Bonchev–Trinajstić information content (AvgIpc) is 3.21. The van der Waals surface area contributed by atoms with E-state index in [1.54, 1.807) is 0 Å². The summed E-state index contributed by atoms with van der Waals surface area (Å²) in [5, 5.41) is 4.04. The van der Waals surface area contributed by atoms with Gasteiger partial charge in [0.25, 0.3) is 0 Å². The molecule has 0 spiro atoms. The van der Waals surface area contributed by atoms with Crippen LogP contribution in [0.2, 0.25) is 0 Å². The van der Waals surface area contributed by atoms with E-state index in [9.17, 15) is 4.79 Å². The topological polar surface area (TPSA) is 71.7 Å². The number of hydrogen-bond donors (Lipinski definition) is 0. The first-order chi connectivity index (χ1) is 11.7.